The normalized spacial score (nSPS) is 10.3. The number of rotatable bonds is 5. The summed E-state index contributed by atoms with van der Waals surface area (Å²) in [5.74, 6) is -0.0311. The Balaban J connectivity index is 2.18. The molecule has 0 unspecified atom stereocenters. The number of aliphatic carboxylic acids is 1. The van der Waals surface area contributed by atoms with Gasteiger partial charge < -0.3 is 10.4 Å². The van der Waals surface area contributed by atoms with Crippen LogP contribution >= 0.6 is 0 Å². The smallest absolute Gasteiger partial charge is 0.307 e. The minimum atomic E-state index is -0.828. The van der Waals surface area contributed by atoms with Gasteiger partial charge in [-0.05, 0) is 31.0 Å². The quantitative estimate of drug-likeness (QED) is 0.874. The Hall–Kier alpha value is -2.43. The van der Waals surface area contributed by atoms with Gasteiger partial charge in [-0.1, -0.05) is 19.1 Å². The molecule has 20 heavy (non-hydrogen) atoms. The van der Waals surface area contributed by atoms with E-state index in [1.807, 2.05) is 19.1 Å². The summed E-state index contributed by atoms with van der Waals surface area (Å²) in [6, 6.07) is 7.32. The van der Waals surface area contributed by atoms with Crippen LogP contribution in [0.3, 0.4) is 0 Å². The first-order valence-electron chi connectivity index (χ1n) is 6.48. The van der Waals surface area contributed by atoms with Crippen molar-refractivity contribution in [3.63, 3.8) is 0 Å². The summed E-state index contributed by atoms with van der Waals surface area (Å²) in [5, 5.41) is 12.0. The van der Waals surface area contributed by atoms with E-state index in [2.05, 4.69) is 22.2 Å². The van der Waals surface area contributed by atoms with Crippen molar-refractivity contribution in [2.45, 2.75) is 26.7 Å². The predicted octanol–water partition coefficient (Wildman–Crippen LogP) is 2.72. The van der Waals surface area contributed by atoms with Crippen LogP contribution in [-0.2, 0) is 17.6 Å². The van der Waals surface area contributed by atoms with Gasteiger partial charge in [0.25, 0.3) is 0 Å². The molecule has 0 spiro atoms. The first-order valence-corrected chi connectivity index (χ1v) is 6.48. The number of nitrogens with one attached hydrogen (secondary N) is 1. The van der Waals surface area contributed by atoms with Crippen LogP contribution < -0.4 is 5.32 Å². The molecule has 2 aromatic rings. The molecule has 1 aromatic heterocycles. The number of aromatic nitrogens is 2. The van der Waals surface area contributed by atoms with E-state index in [-0.39, 0.29) is 6.42 Å². The van der Waals surface area contributed by atoms with E-state index in [0.29, 0.717) is 0 Å². The fourth-order valence-corrected chi connectivity index (χ4v) is 2.05. The molecule has 1 aromatic carbocycles. The maximum Gasteiger partial charge on any atom is 0.307 e. The fraction of sp³-hybridized carbons (Fsp3) is 0.267. The minimum absolute atomic E-state index is 0.0348. The summed E-state index contributed by atoms with van der Waals surface area (Å²) in [7, 11) is 0. The van der Waals surface area contributed by atoms with Gasteiger partial charge in [0.05, 0.1) is 6.42 Å². The van der Waals surface area contributed by atoms with Crippen molar-refractivity contribution in [3.8, 4) is 0 Å². The summed E-state index contributed by atoms with van der Waals surface area (Å²) < 4.78 is 0. The average molecular weight is 271 g/mol. The van der Waals surface area contributed by atoms with Gasteiger partial charge in [-0.3, -0.25) is 4.79 Å². The van der Waals surface area contributed by atoms with Crippen LogP contribution in [0.1, 0.15) is 23.7 Å². The monoisotopic (exact) mass is 271 g/mol. The zero-order valence-corrected chi connectivity index (χ0v) is 11.6. The number of aryl methyl sites for hydroxylation is 1. The zero-order valence-electron chi connectivity index (χ0n) is 11.6. The van der Waals surface area contributed by atoms with Gasteiger partial charge in [0.15, 0.2) is 0 Å². The van der Waals surface area contributed by atoms with Gasteiger partial charge in [-0.25, -0.2) is 9.97 Å². The summed E-state index contributed by atoms with van der Waals surface area (Å²) in [6.07, 6.45) is 2.43. The van der Waals surface area contributed by atoms with E-state index in [0.717, 1.165) is 34.7 Å². The lowest BCUT2D eigenvalue weighted by molar-refractivity contribution is -0.136. The molecule has 0 bridgehead atoms. The van der Waals surface area contributed by atoms with Crippen molar-refractivity contribution < 1.29 is 9.90 Å². The number of nitrogens with zero attached hydrogens (tertiary/aromatic N) is 2. The van der Waals surface area contributed by atoms with Crippen LogP contribution in [0.4, 0.5) is 11.5 Å². The van der Waals surface area contributed by atoms with E-state index in [1.54, 1.807) is 12.1 Å². The van der Waals surface area contributed by atoms with Gasteiger partial charge in [0, 0.05) is 16.9 Å². The van der Waals surface area contributed by atoms with Crippen LogP contribution in [0.15, 0.2) is 30.6 Å². The topological polar surface area (TPSA) is 75.1 Å². The Kier molecular flexibility index (Phi) is 4.30. The highest BCUT2D eigenvalue weighted by Gasteiger charge is 2.07. The molecule has 0 atom stereocenters. The van der Waals surface area contributed by atoms with Crippen molar-refractivity contribution in [1.29, 1.82) is 0 Å². The Labute approximate surface area is 117 Å². The van der Waals surface area contributed by atoms with E-state index in [1.165, 1.54) is 6.33 Å². The molecule has 0 amide bonds. The van der Waals surface area contributed by atoms with Gasteiger partial charge >= 0.3 is 5.97 Å². The molecule has 0 saturated heterocycles. The molecule has 5 nitrogen and oxygen atoms in total. The van der Waals surface area contributed by atoms with E-state index < -0.39 is 5.97 Å². The number of benzene rings is 1. The Bertz CT molecular complexity index is 609. The molecule has 5 heteroatoms. The first-order chi connectivity index (χ1) is 9.60. The fourth-order valence-electron chi connectivity index (χ4n) is 2.05. The summed E-state index contributed by atoms with van der Waals surface area (Å²) in [5.41, 5.74) is 3.71. The number of carbonyl (C=O) groups is 1. The van der Waals surface area contributed by atoms with Crippen molar-refractivity contribution in [2.24, 2.45) is 0 Å². The maximum absolute atomic E-state index is 10.6. The highest BCUT2D eigenvalue weighted by atomic mass is 16.4. The van der Waals surface area contributed by atoms with Crippen molar-refractivity contribution in [1.82, 2.24) is 9.97 Å². The second-order valence-corrected chi connectivity index (χ2v) is 4.53. The summed E-state index contributed by atoms with van der Waals surface area (Å²) in [6.45, 7) is 4.02. The summed E-state index contributed by atoms with van der Waals surface area (Å²) in [4.78, 5) is 19.1. The van der Waals surface area contributed by atoms with Crippen molar-refractivity contribution in [3.05, 3.63) is 47.4 Å². The predicted molar refractivity (Wildman–Crippen MR) is 77.2 cm³/mol. The molecule has 2 rings (SSSR count). The molecular weight excluding hydrogens is 254 g/mol. The first kappa shape index (κ1) is 14.0. The lowest BCUT2D eigenvalue weighted by Gasteiger charge is -2.11. The SMILES string of the molecule is CCc1c(C)ncnc1Nc1ccc(CC(=O)O)cc1. The summed E-state index contributed by atoms with van der Waals surface area (Å²) >= 11 is 0. The molecule has 1 heterocycles. The number of carboxylic acids is 1. The third-order valence-corrected chi connectivity index (χ3v) is 3.09. The number of carboxylic acid groups (broad SMARTS) is 1. The Morgan fingerprint density at radius 1 is 1.25 bits per heavy atom. The molecule has 0 fully saturated rings. The van der Waals surface area contributed by atoms with Crippen LogP contribution in [0.25, 0.3) is 0 Å². The van der Waals surface area contributed by atoms with Gasteiger partial charge in [-0.2, -0.15) is 0 Å². The van der Waals surface area contributed by atoms with Gasteiger partial charge in [0.2, 0.25) is 0 Å². The minimum Gasteiger partial charge on any atom is -0.481 e. The van der Waals surface area contributed by atoms with Crippen LogP contribution in [0, 0.1) is 6.92 Å². The highest BCUT2D eigenvalue weighted by Crippen LogP contribution is 2.21. The molecule has 104 valence electrons. The van der Waals surface area contributed by atoms with Gasteiger partial charge in [-0.15, -0.1) is 0 Å². The highest BCUT2D eigenvalue weighted by molar-refractivity contribution is 5.70. The largest absolute Gasteiger partial charge is 0.481 e. The molecule has 0 saturated carbocycles. The Morgan fingerprint density at radius 2 is 1.95 bits per heavy atom. The van der Waals surface area contributed by atoms with Gasteiger partial charge in [0.1, 0.15) is 12.1 Å². The van der Waals surface area contributed by atoms with E-state index in [9.17, 15) is 4.79 Å². The van der Waals surface area contributed by atoms with Crippen LogP contribution in [0.2, 0.25) is 0 Å². The van der Waals surface area contributed by atoms with E-state index in [4.69, 9.17) is 5.11 Å². The molecule has 2 N–H and O–H groups in total. The molecule has 0 aliphatic rings. The molecule has 0 aliphatic carbocycles. The average Bonchev–Trinajstić information content (AvgIpc) is 2.41. The third kappa shape index (κ3) is 3.32. The number of hydrogen-bond donors (Lipinski definition) is 2. The van der Waals surface area contributed by atoms with E-state index >= 15 is 0 Å². The van der Waals surface area contributed by atoms with Crippen molar-refractivity contribution >= 4 is 17.5 Å². The number of anilines is 2. The Morgan fingerprint density at radius 3 is 2.55 bits per heavy atom. The second-order valence-electron chi connectivity index (χ2n) is 4.53. The molecule has 0 aliphatic heterocycles. The van der Waals surface area contributed by atoms with Crippen LogP contribution in [0.5, 0.6) is 0 Å². The number of hydrogen-bond acceptors (Lipinski definition) is 4. The van der Waals surface area contributed by atoms with Crippen LogP contribution in [-0.4, -0.2) is 21.0 Å². The zero-order chi connectivity index (χ0) is 14.5. The maximum atomic E-state index is 10.6. The lowest BCUT2D eigenvalue weighted by Crippen LogP contribution is -2.03. The lowest BCUT2D eigenvalue weighted by atomic mass is 10.1. The third-order valence-electron chi connectivity index (χ3n) is 3.09. The standard InChI is InChI=1S/C15H17N3O2/c1-3-13-10(2)16-9-17-15(13)18-12-6-4-11(5-7-12)8-14(19)20/h4-7,9H,3,8H2,1-2H3,(H,19,20)(H,16,17,18). The molecule has 0 radical (unpaired) electrons. The second kappa shape index (κ2) is 6.14. The van der Waals surface area contributed by atoms with Crippen molar-refractivity contribution in [2.75, 3.05) is 5.32 Å². The molecular formula is C15H17N3O2.